The van der Waals surface area contributed by atoms with Gasteiger partial charge in [-0.15, -0.1) is 0 Å². The van der Waals surface area contributed by atoms with Crippen LogP contribution in [-0.4, -0.2) is 25.7 Å². The van der Waals surface area contributed by atoms with Gasteiger partial charge in [0, 0.05) is 12.1 Å². The Morgan fingerprint density at radius 3 is 2.67 bits per heavy atom. The average molecular weight is 211 g/mol. The Bertz CT molecular complexity index is 258. The molecule has 0 radical (unpaired) electrons. The summed E-state index contributed by atoms with van der Waals surface area (Å²) in [5, 5.41) is 3.24. The molecule has 1 N–H and O–H groups in total. The van der Waals surface area contributed by atoms with Crippen molar-refractivity contribution in [1.82, 2.24) is 5.32 Å². The van der Waals surface area contributed by atoms with Gasteiger partial charge in [0.2, 0.25) is 0 Å². The van der Waals surface area contributed by atoms with Crippen molar-refractivity contribution >= 4 is 5.97 Å². The molecule has 1 unspecified atom stereocenters. The molecule has 0 aromatic rings. The standard InChI is InChI=1S/C12H21NO2/c1-5-15-11(14)9(2)7-13-8-10-6-12(10,3)4/h10,13H,2,5-8H2,1,3-4H3. The third-order valence-corrected chi connectivity index (χ3v) is 3.01. The van der Waals surface area contributed by atoms with Crippen molar-refractivity contribution in [2.75, 3.05) is 19.7 Å². The molecule has 1 saturated carbocycles. The molecule has 86 valence electrons. The monoisotopic (exact) mass is 211 g/mol. The SMILES string of the molecule is C=C(CNCC1CC1(C)C)C(=O)OCC. The molecule has 1 rings (SSSR count). The molecule has 0 saturated heterocycles. The number of carbonyl (C=O) groups is 1. The minimum absolute atomic E-state index is 0.292. The van der Waals surface area contributed by atoms with Gasteiger partial charge in [0.25, 0.3) is 0 Å². The fourth-order valence-electron chi connectivity index (χ4n) is 1.63. The first-order chi connectivity index (χ1) is 6.97. The first kappa shape index (κ1) is 12.2. The molecule has 0 aromatic carbocycles. The number of hydrogen-bond donors (Lipinski definition) is 1. The average Bonchev–Trinajstić information content (AvgIpc) is 2.74. The van der Waals surface area contributed by atoms with Crippen LogP contribution in [0.1, 0.15) is 27.2 Å². The Balaban J connectivity index is 2.10. The number of ether oxygens (including phenoxy) is 1. The predicted molar refractivity (Wildman–Crippen MR) is 60.5 cm³/mol. The highest BCUT2D eigenvalue weighted by molar-refractivity contribution is 5.88. The smallest absolute Gasteiger partial charge is 0.334 e. The van der Waals surface area contributed by atoms with Crippen LogP contribution >= 0.6 is 0 Å². The minimum Gasteiger partial charge on any atom is -0.463 e. The van der Waals surface area contributed by atoms with Crippen LogP contribution in [0.25, 0.3) is 0 Å². The van der Waals surface area contributed by atoms with Crippen molar-refractivity contribution in [1.29, 1.82) is 0 Å². The van der Waals surface area contributed by atoms with Crippen LogP contribution in [0.15, 0.2) is 12.2 Å². The normalized spacial score (nSPS) is 22.2. The second kappa shape index (κ2) is 4.79. The van der Waals surface area contributed by atoms with Crippen molar-refractivity contribution in [2.24, 2.45) is 11.3 Å². The molecule has 0 aromatic heterocycles. The highest BCUT2D eigenvalue weighted by atomic mass is 16.5. The van der Waals surface area contributed by atoms with Crippen LogP contribution in [0, 0.1) is 11.3 Å². The molecule has 3 nitrogen and oxygen atoms in total. The number of carbonyl (C=O) groups excluding carboxylic acids is 1. The Morgan fingerprint density at radius 2 is 2.20 bits per heavy atom. The van der Waals surface area contributed by atoms with Crippen molar-refractivity contribution in [3.63, 3.8) is 0 Å². The van der Waals surface area contributed by atoms with Gasteiger partial charge in [0.05, 0.1) is 6.61 Å². The van der Waals surface area contributed by atoms with E-state index in [1.165, 1.54) is 6.42 Å². The van der Waals surface area contributed by atoms with Gasteiger partial charge in [-0.05, 0) is 31.2 Å². The summed E-state index contributed by atoms with van der Waals surface area (Å²) in [5.41, 5.74) is 0.994. The molecule has 0 heterocycles. The summed E-state index contributed by atoms with van der Waals surface area (Å²) in [6.07, 6.45) is 1.27. The molecule has 0 bridgehead atoms. The molecule has 0 spiro atoms. The lowest BCUT2D eigenvalue weighted by Crippen LogP contribution is -2.24. The highest BCUT2D eigenvalue weighted by Gasteiger charge is 2.44. The van der Waals surface area contributed by atoms with Gasteiger partial charge in [-0.1, -0.05) is 20.4 Å². The van der Waals surface area contributed by atoms with Crippen LogP contribution in [0.4, 0.5) is 0 Å². The fourth-order valence-corrected chi connectivity index (χ4v) is 1.63. The molecular formula is C12H21NO2. The van der Waals surface area contributed by atoms with Gasteiger partial charge < -0.3 is 10.1 Å². The topological polar surface area (TPSA) is 38.3 Å². The maximum absolute atomic E-state index is 11.2. The molecule has 1 atom stereocenters. The lowest BCUT2D eigenvalue weighted by atomic mass is 10.1. The van der Waals surface area contributed by atoms with E-state index in [1.54, 1.807) is 6.92 Å². The van der Waals surface area contributed by atoms with E-state index in [9.17, 15) is 4.79 Å². The van der Waals surface area contributed by atoms with E-state index in [1.807, 2.05) is 0 Å². The quantitative estimate of drug-likeness (QED) is 0.537. The van der Waals surface area contributed by atoms with Gasteiger partial charge in [-0.2, -0.15) is 0 Å². The second-order valence-electron chi connectivity index (χ2n) is 4.84. The fraction of sp³-hybridized carbons (Fsp3) is 0.750. The van der Waals surface area contributed by atoms with Crippen LogP contribution in [-0.2, 0) is 9.53 Å². The largest absolute Gasteiger partial charge is 0.463 e. The van der Waals surface area contributed by atoms with Crippen molar-refractivity contribution < 1.29 is 9.53 Å². The van der Waals surface area contributed by atoms with Crippen LogP contribution in [0.5, 0.6) is 0 Å². The molecule has 1 aliphatic carbocycles. The van der Waals surface area contributed by atoms with Crippen LogP contribution in [0.2, 0.25) is 0 Å². The Labute approximate surface area is 91.9 Å². The van der Waals surface area contributed by atoms with E-state index in [0.29, 0.717) is 24.1 Å². The molecule has 0 amide bonds. The van der Waals surface area contributed by atoms with E-state index in [-0.39, 0.29) is 5.97 Å². The summed E-state index contributed by atoms with van der Waals surface area (Å²) in [6, 6.07) is 0. The zero-order valence-electron chi connectivity index (χ0n) is 9.93. The Morgan fingerprint density at radius 1 is 1.60 bits per heavy atom. The molecule has 1 fully saturated rings. The highest BCUT2D eigenvalue weighted by Crippen LogP contribution is 2.50. The first-order valence-electron chi connectivity index (χ1n) is 5.53. The maximum atomic E-state index is 11.2. The third-order valence-electron chi connectivity index (χ3n) is 3.01. The van der Waals surface area contributed by atoms with Gasteiger partial charge in [0.1, 0.15) is 0 Å². The maximum Gasteiger partial charge on any atom is 0.334 e. The van der Waals surface area contributed by atoms with Crippen LogP contribution < -0.4 is 5.32 Å². The minimum atomic E-state index is -0.292. The summed E-state index contributed by atoms with van der Waals surface area (Å²) in [5.74, 6) is 0.451. The molecule has 1 aliphatic rings. The Kier molecular flexibility index (Phi) is 3.91. The number of nitrogens with one attached hydrogen (secondary N) is 1. The van der Waals surface area contributed by atoms with Crippen LogP contribution in [0.3, 0.4) is 0 Å². The summed E-state index contributed by atoms with van der Waals surface area (Å²) >= 11 is 0. The van der Waals surface area contributed by atoms with Gasteiger partial charge >= 0.3 is 5.97 Å². The van der Waals surface area contributed by atoms with Crippen molar-refractivity contribution in [3.05, 3.63) is 12.2 Å². The lowest BCUT2D eigenvalue weighted by Gasteiger charge is -2.07. The van der Waals surface area contributed by atoms with E-state index in [0.717, 1.165) is 12.5 Å². The zero-order chi connectivity index (χ0) is 11.5. The number of hydrogen-bond acceptors (Lipinski definition) is 3. The first-order valence-corrected chi connectivity index (χ1v) is 5.53. The zero-order valence-corrected chi connectivity index (χ0v) is 9.93. The van der Waals surface area contributed by atoms with Gasteiger partial charge in [0.15, 0.2) is 0 Å². The van der Waals surface area contributed by atoms with Gasteiger partial charge in [-0.3, -0.25) is 0 Å². The Hall–Kier alpha value is -0.830. The summed E-state index contributed by atoms with van der Waals surface area (Å²) in [6.45, 7) is 11.9. The number of rotatable bonds is 6. The van der Waals surface area contributed by atoms with Crippen molar-refractivity contribution in [3.8, 4) is 0 Å². The van der Waals surface area contributed by atoms with E-state index >= 15 is 0 Å². The molecule has 15 heavy (non-hydrogen) atoms. The molecule has 3 heteroatoms. The molecular weight excluding hydrogens is 190 g/mol. The third kappa shape index (κ3) is 3.67. The number of esters is 1. The second-order valence-corrected chi connectivity index (χ2v) is 4.84. The van der Waals surface area contributed by atoms with E-state index in [2.05, 4.69) is 25.7 Å². The summed E-state index contributed by atoms with van der Waals surface area (Å²) in [7, 11) is 0. The summed E-state index contributed by atoms with van der Waals surface area (Å²) in [4.78, 5) is 11.2. The van der Waals surface area contributed by atoms with E-state index < -0.39 is 0 Å². The predicted octanol–water partition coefficient (Wildman–Crippen LogP) is 1.74. The molecule has 0 aliphatic heterocycles. The van der Waals surface area contributed by atoms with E-state index in [4.69, 9.17) is 4.74 Å². The lowest BCUT2D eigenvalue weighted by molar-refractivity contribution is -0.138. The van der Waals surface area contributed by atoms with Crippen molar-refractivity contribution in [2.45, 2.75) is 27.2 Å². The van der Waals surface area contributed by atoms with Gasteiger partial charge in [-0.25, -0.2) is 4.79 Å². The summed E-state index contributed by atoms with van der Waals surface area (Å²) < 4.78 is 4.84.